The molecule has 0 aromatic carbocycles. The molecule has 0 aliphatic rings. The van der Waals surface area contributed by atoms with Crippen molar-refractivity contribution < 1.29 is 24.0 Å². The van der Waals surface area contributed by atoms with Crippen LogP contribution in [0.15, 0.2) is 17.1 Å². The fourth-order valence-electron chi connectivity index (χ4n) is 2.79. The highest BCUT2D eigenvalue weighted by Crippen LogP contribution is 2.20. The maximum Gasteiger partial charge on any atom is 0.340 e. The van der Waals surface area contributed by atoms with Gasteiger partial charge in [0.1, 0.15) is 5.56 Å². The number of ether oxygens (including phenoxy) is 1. The summed E-state index contributed by atoms with van der Waals surface area (Å²) in [6, 6.07) is 0.758. The summed E-state index contributed by atoms with van der Waals surface area (Å²) in [5, 5.41) is 11.0. The smallest absolute Gasteiger partial charge is 0.340 e. The lowest BCUT2D eigenvalue weighted by molar-refractivity contribution is -0.385. The first kappa shape index (κ1) is 20.6. The molecule has 1 amide bonds. The van der Waals surface area contributed by atoms with E-state index in [0.717, 1.165) is 16.8 Å². The van der Waals surface area contributed by atoms with E-state index in [1.54, 1.807) is 13.8 Å². The molecule has 0 saturated carbocycles. The van der Waals surface area contributed by atoms with Gasteiger partial charge in [0.15, 0.2) is 5.78 Å². The number of nitrogens with zero attached hydrogens (tertiary/aromatic N) is 2. The Morgan fingerprint density at radius 3 is 2.50 bits per heavy atom. The number of rotatable bonds is 7. The van der Waals surface area contributed by atoms with Gasteiger partial charge in [-0.3, -0.25) is 24.5 Å². The molecule has 0 radical (unpaired) electrons. The minimum absolute atomic E-state index is 0.0552. The summed E-state index contributed by atoms with van der Waals surface area (Å²) >= 11 is 0. The van der Waals surface area contributed by atoms with Crippen LogP contribution in [0, 0.1) is 24.0 Å². The monoisotopic (exact) mass is 390 g/mol. The zero-order valence-corrected chi connectivity index (χ0v) is 15.4. The fraction of sp³-hybridized carbons (Fsp3) is 0.294. The molecule has 0 saturated heterocycles. The van der Waals surface area contributed by atoms with Crippen molar-refractivity contribution in [1.82, 2.24) is 9.55 Å². The SMILES string of the molecule is CCOC(=O)c1c(C)[nH]c(C(=O)Cn2cc([N+](=O)[O-])cc(C(N)=O)c2=O)c1C. The predicted molar refractivity (Wildman–Crippen MR) is 96.4 cm³/mol. The molecule has 148 valence electrons. The summed E-state index contributed by atoms with van der Waals surface area (Å²) < 4.78 is 5.69. The molecule has 0 bridgehead atoms. The number of aromatic nitrogens is 2. The summed E-state index contributed by atoms with van der Waals surface area (Å²) in [7, 11) is 0. The van der Waals surface area contributed by atoms with E-state index in [9.17, 15) is 29.3 Å². The normalized spacial score (nSPS) is 10.5. The van der Waals surface area contributed by atoms with Gasteiger partial charge < -0.3 is 20.0 Å². The maximum absolute atomic E-state index is 12.7. The molecule has 0 unspecified atom stereocenters. The number of nitro groups is 1. The van der Waals surface area contributed by atoms with Crippen molar-refractivity contribution in [3.05, 3.63) is 60.8 Å². The van der Waals surface area contributed by atoms with Crippen molar-refractivity contribution in [1.29, 1.82) is 0 Å². The number of carbonyl (C=O) groups excluding carboxylic acids is 3. The topological polar surface area (TPSA) is 167 Å². The summed E-state index contributed by atoms with van der Waals surface area (Å²) in [5.74, 6) is -2.36. The van der Waals surface area contributed by atoms with Crippen LogP contribution < -0.4 is 11.3 Å². The van der Waals surface area contributed by atoms with E-state index < -0.39 is 45.9 Å². The third-order valence-electron chi connectivity index (χ3n) is 4.06. The van der Waals surface area contributed by atoms with E-state index in [2.05, 4.69) is 4.98 Å². The lowest BCUT2D eigenvalue weighted by Crippen LogP contribution is -2.31. The Kier molecular flexibility index (Phi) is 5.77. The van der Waals surface area contributed by atoms with Gasteiger partial charge in [0.05, 0.1) is 35.5 Å². The number of amides is 1. The highest BCUT2D eigenvalue weighted by Gasteiger charge is 2.24. The summed E-state index contributed by atoms with van der Waals surface area (Å²) in [6.07, 6.45) is 0.851. The predicted octanol–water partition coefficient (Wildman–Crippen LogP) is 0.860. The minimum atomic E-state index is -1.15. The van der Waals surface area contributed by atoms with Gasteiger partial charge in [-0.25, -0.2) is 4.79 Å². The van der Waals surface area contributed by atoms with Gasteiger partial charge in [-0.1, -0.05) is 0 Å². The number of nitrogens with two attached hydrogens (primary N) is 1. The second-order valence-electron chi connectivity index (χ2n) is 5.94. The van der Waals surface area contributed by atoms with Crippen molar-refractivity contribution in [3.8, 4) is 0 Å². The average molecular weight is 390 g/mol. The average Bonchev–Trinajstić information content (AvgIpc) is 2.90. The number of esters is 1. The second-order valence-corrected chi connectivity index (χ2v) is 5.94. The number of ketones is 1. The molecule has 0 spiro atoms. The quantitative estimate of drug-likeness (QED) is 0.306. The van der Waals surface area contributed by atoms with Gasteiger partial charge in [0, 0.05) is 11.8 Å². The first-order valence-electron chi connectivity index (χ1n) is 8.16. The number of Topliss-reactive ketones (excluding diaryl/α,β-unsaturated/α-hetero) is 1. The van der Waals surface area contributed by atoms with Crippen LogP contribution in [0.3, 0.4) is 0 Å². The number of aromatic amines is 1. The van der Waals surface area contributed by atoms with Crippen molar-refractivity contribution in [3.63, 3.8) is 0 Å². The van der Waals surface area contributed by atoms with Crippen LogP contribution in [-0.2, 0) is 11.3 Å². The third kappa shape index (κ3) is 3.82. The van der Waals surface area contributed by atoms with E-state index in [4.69, 9.17) is 10.5 Å². The molecule has 0 fully saturated rings. The molecule has 2 heterocycles. The number of pyridine rings is 1. The van der Waals surface area contributed by atoms with Crippen LogP contribution in [-0.4, -0.2) is 38.7 Å². The van der Waals surface area contributed by atoms with Gasteiger partial charge in [0.2, 0.25) is 0 Å². The van der Waals surface area contributed by atoms with Crippen molar-refractivity contribution in [2.45, 2.75) is 27.3 Å². The molecule has 28 heavy (non-hydrogen) atoms. The molecule has 0 aliphatic carbocycles. The molecule has 0 atom stereocenters. The highest BCUT2D eigenvalue weighted by atomic mass is 16.6. The van der Waals surface area contributed by atoms with Gasteiger partial charge in [-0.15, -0.1) is 0 Å². The molecule has 2 aromatic rings. The number of nitrogens with one attached hydrogen (secondary N) is 1. The zero-order chi connectivity index (χ0) is 21.2. The van der Waals surface area contributed by atoms with Crippen molar-refractivity contribution >= 4 is 23.3 Å². The van der Waals surface area contributed by atoms with Crippen LogP contribution in [0.25, 0.3) is 0 Å². The number of hydrogen-bond acceptors (Lipinski definition) is 7. The van der Waals surface area contributed by atoms with Crippen LogP contribution in [0.2, 0.25) is 0 Å². The zero-order valence-electron chi connectivity index (χ0n) is 15.4. The summed E-state index contributed by atoms with van der Waals surface area (Å²) in [5.41, 5.74) is 3.98. The Bertz CT molecular complexity index is 1050. The number of hydrogen-bond donors (Lipinski definition) is 2. The van der Waals surface area contributed by atoms with E-state index in [-0.39, 0.29) is 17.9 Å². The Morgan fingerprint density at radius 2 is 1.96 bits per heavy atom. The van der Waals surface area contributed by atoms with Crippen LogP contribution in [0.4, 0.5) is 5.69 Å². The van der Waals surface area contributed by atoms with Crippen LogP contribution in [0.1, 0.15) is 49.4 Å². The second kappa shape index (κ2) is 7.86. The van der Waals surface area contributed by atoms with Crippen molar-refractivity contribution in [2.75, 3.05) is 6.61 Å². The number of H-pyrrole nitrogens is 1. The van der Waals surface area contributed by atoms with Gasteiger partial charge in [-0.2, -0.15) is 0 Å². The van der Waals surface area contributed by atoms with E-state index in [1.165, 1.54) is 6.92 Å². The Hall–Kier alpha value is -3.76. The molecule has 3 N–H and O–H groups in total. The summed E-state index contributed by atoms with van der Waals surface area (Å²) in [4.78, 5) is 61.4. The number of primary amides is 1. The molecule has 2 aromatic heterocycles. The van der Waals surface area contributed by atoms with E-state index in [1.807, 2.05) is 0 Å². The van der Waals surface area contributed by atoms with E-state index >= 15 is 0 Å². The molecule has 0 aliphatic heterocycles. The third-order valence-corrected chi connectivity index (χ3v) is 4.06. The Morgan fingerprint density at radius 1 is 1.32 bits per heavy atom. The van der Waals surface area contributed by atoms with Crippen molar-refractivity contribution in [2.24, 2.45) is 5.73 Å². The first-order chi connectivity index (χ1) is 13.1. The molecule has 2 rings (SSSR count). The molecule has 11 heteroatoms. The van der Waals surface area contributed by atoms with Crippen LogP contribution >= 0.6 is 0 Å². The molecular formula is C17H18N4O7. The standard InChI is InChI=1S/C17H18N4O7/c1-4-28-17(25)13-8(2)14(19-9(13)3)12(22)7-20-6-10(21(26)27)5-11(15(18)23)16(20)24/h5-6,19H,4,7H2,1-3H3,(H2,18,23). The van der Waals surface area contributed by atoms with Gasteiger partial charge in [-0.05, 0) is 26.3 Å². The van der Waals surface area contributed by atoms with E-state index in [0.29, 0.717) is 11.3 Å². The lowest BCUT2D eigenvalue weighted by atomic mass is 10.1. The lowest BCUT2D eigenvalue weighted by Gasteiger charge is -2.07. The molecular weight excluding hydrogens is 372 g/mol. The van der Waals surface area contributed by atoms with Gasteiger partial charge in [0.25, 0.3) is 17.2 Å². The van der Waals surface area contributed by atoms with Crippen LogP contribution in [0.5, 0.6) is 0 Å². The highest BCUT2D eigenvalue weighted by molar-refractivity contribution is 6.01. The van der Waals surface area contributed by atoms with Gasteiger partial charge >= 0.3 is 5.97 Å². The number of aryl methyl sites for hydroxylation is 1. The minimum Gasteiger partial charge on any atom is -0.462 e. The molecule has 11 nitrogen and oxygen atoms in total. The summed E-state index contributed by atoms with van der Waals surface area (Å²) in [6.45, 7) is 4.33. The largest absolute Gasteiger partial charge is 0.462 e. The maximum atomic E-state index is 12.7. The first-order valence-corrected chi connectivity index (χ1v) is 8.16. The Balaban J connectivity index is 2.48. The number of carbonyl (C=O) groups is 3. The fourth-order valence-corrected chi connectivity index (χ4v) is 2.79. The Labute approximate surface area is 158 Å².